The molecule has 118 valence electrons. The zero-order chi connectivity index (χ0) is 16.0. The lowest BCUT2D eigenvalue weighted by Gasteiger charge is -2.07. The Morgan fingerprint density at radius 2 is 1.95 bits per heavy atom. The molecule has 22 heavy (non-hydrogen) atoms. The number of halogens is 3. The van der Waals surface area contributed by atoms with Crippen molar-refractivity contribution in [2.24, 2.45) is 0 Å². The fourth-order valence-electron chi connectivity index (χ4n) is 1.57. The van der Waals surface area contributed by atoms with Crippen LogP contribution in [0.1, 0.15) is 12.0 Å². The molecule has 1 aromatic heterocycles. The van der Waals surface area contributed by atoms with Crippen molar-refractivity contribution in [1.82, 2.24) is 10.2 Å². The van der Waals surface area contributed by atoms with E-state index in [4.69, 9.17) is 34.8 Å². The van der Waals surface area contributed by atoms with Crippen LogP contribution < -0.4 is 5.32 Å². The first kappa shape index (κ1) is 17.8. The van der Waals surface area contributed by atoms with Gasteiger partial charge in [-0.25, -0.2) is 0 Å². The fraction of sp³-hybridized carbons (Fsp3) is 0.308. The summed E-state index contributed by atoms with van der Waals surface area (Å²) in [5.74, 6) is 0.177. The molecule has 9 heteroatoms. The number of nitrogens with zero attached hydrogens (tertiary/aromatic N) is 2. The maximum Gasteiger partial charge on any atom is 0.278 e. The topological polar surface area (TPSA) is 54.9 Å². The summed E-state index contributed by atoms with van der Waals surface area (Å²) in [6.45, 7) is 0. The van der Waals surface area contributed by atoms with Crippen molar-refractivity contribution in [3.05, 3.63) is 35.9 Å². The molecule has 1 N–H and O–H groups in total. The number of benzene rings is 1. The van der Waals surface area contributed by atoms with Crippen molar-refractivity contribution in [3.8, 4) is 0 Å². The Morgan fingerprint density at radius 1 is 1.23 bits per heavy atom. The fourth-order valence-corrected chi connectivity index (χ4v) is 3.47. The van der Waals surface area contributed by atoms with E-state index in [1.807, 2.05) is 18.2 Å². The molecule has 0 radical (unpaired) electrons. The van der Waals surface area contributed by atoms with Gasteiger partial charge in [0, 0.05) is 5.75 Å². The average molecular weight is 397 g/mol. The molecule has 0 aliphatic rings. The molecule has 0 saturated heterocycles. The largest absolute Gasteiger partial charge is 0.297 e. The number of aromatic nitrogens is 2. The van der Waals surface area contributed by atoms with E-state index in [-0.39, 0.29) is 0 Å². The second kappa shape index (κ2) is 8.36. The summed E-state index contributed by atoms with van der Waals surface area (Å²) in [6, 6.07) is 10.3. The first-order valence-electron chi connectivity index (χ1n) is 6.33. The normalized spacial score (nSPS) is 11.4. The summed E-state index contributed by atoms with van der Waals surface area (Å²) >= 11 is 19.3. The number of rotatable bonds is 6. The van der Waals surface area contributed by atoms with Gasteiger partial charge < -0.3 is 0 Å². The predicted octanol–water partition coefficient (Wildman–Crippen LogP) is 4.57. The third-order valence-electron chi connectivity index (χ3n) is 2.56. The number of alkyl halides is 3. The van der Waals surface area contributed by atoms with E-state index in [1.54, 1.807) is 11.8 Å². The van der Waals surface area contributed by atoms with Gasteiger partial charge in [-0.2, -0.15) is 0 Å². The molecule has 0 unspecified atom stereocenters. The second-order valence-electron chi connectivity index (χ2n) is 4.26. The molecular weight excluding hydrogens is 385 g/mol. The number of carbonyl (C=O) groups is 1. The highest BCUT2D eigenvalue weighted by Gasteiger charge is 2.31. The van der Waals surface area contributed by atoms with Crippen LogP contribution in [0.4, 0.5) is 5.13 Å². The smallest absolute Gasteiger partial charge is 0.278 e. The highest BCUT2D eigenvalue weighted by atomic mass is 35.6. The minimum atomic E-state index is -2.01. The molecular formula is C13H12Cl3N3OS2. The van der Waals surface area contributed by atoms with E-state index in [1.165, 1.54) is 16.9 Å². The molecule has 0 atom stereocenters. The first-order valence-corrected chi connectivity index (χ1v) is 9.27. The minimum absolute atomic E-state index is 0.321. The summed E-state index contributed by atoms with van der Waals surface area (Å²) in [7, 11) is 0. The van der Waals surface area contributed by atoms with E-state index in [9.17, 15) is 4.79 Å². The molecule has 0 spiro atoms. The Bertz CT molecular complexity index is 616. The van der Waals surface area contributed by atoms with Gasteiger partial charge in [-0.1, -0.05) is 88.2 Å². The predicted molar refractivity (Wildman–Crippen MR) is 94.3 cm³/mol. The van der Waals surface area contributed by atoms with Crippen molar-refractivity contribution in [2.75, 3.05) is 11.1 Å². The number of amides is 1. The third kappa shape index (κ3) is 5.93. The number of carbonyl (C=O) groups excluding carboxylic acids is 1. The van der Waals surface area contributed by atoms with E-state index in [0.717, 1.165) is 22.9 Å². The molecule has 2 aromatic rings. The molecule has 0 saturated carbocycles. The monoisotopic (exact) mass is 395 g/mol. The Balaban J connectivity index is 1.74. The Kier molecular flexibility index (Phi) is 6.77. The van der Waals surface area contributed by atoms with Crippen LogP contribution in [0.5, 0.6) is 0 Å². The number of nitrogens with one attached hydrogen (secondary N) is 1. The summed E-state index contributed by atoms with van der Waals surface area (Å²) in [5.41, 5.74) is 1.32. The number of thioether (sulfide) groups is 1. The molecule has 4 nitrogen and oxygen atoms in total. The highest BCUT2D eigenvalue weighted by molar-refractivity contribution is 8.01. The summed E-state index contributed by atoms with van der Waals surface area (Å²) in [6.07, 6.45) is 2.05. The lowest BCUT2D eigenvalue weighted by atomic mass is 10.1. The van der Waals surface area contributed by atoms with Crippen molar-refractivity contribution >= 4 is 68.9 Å². The van der Waals surface area contributed by atoms with E-state index in [0.29, 0.717) is 5.13 Å². The number of anilines is 1. The zero-order valence-electron chi connectivity index (χ0n) is 11.3. The van der Waals surface area contributed by atoms with Gasteiger partial charge in [0.05, 0.1) is 0 Å². The Hall–Kier alpha value is -0.530. The minimum Gasteiger partial charge on any atom is -0.297 e. The Morgan fingerprint density at radius 3 is 2.64 bits per heavy atom. The highest BCUT2D eigenvalue weighted by Crippen LogP contribution is 2.30. The van der Waals surface area contributed by atoms with Gasteiger partial charge in [0.15, 0.2) is 4.34 Å². The summed E-state index contributed by atoms with van der Waals surface area (Å²) < 4.78 is -1.23. The van der Waals surface area contributed by atoms with Gasteiger partial charge in [0.2, 0.25) is 5.13 Å². The van der Waals surface area contributed by atoms with Crippen LogP contribution in [-0.4, -0.2) is 25.6 Å². The molecule has 0 aliphatic carbocycles. The maximum absolute atomic E-state index is 11.5. The van der Waals surface area contributed by atoms with Crippen LogP contribution >= 0.6 is 57.9 Å². The van der Waals surface area contributed by atoms with E-state index in [2.05, 4.69) is 27.6 Å². The first-order chi connectivity index (χ1) is 10.4. The van der Waals surface area contributed by atoms with Crippen molar-refractivity contribution in [3.63, 3.8) is 0 Å². The summed E-state index contributed by atoms with van der Waals surface area (Å²) in [4.78, 5) is 11.5. The number of hydrogen-bond acceptors (Lipinski definition) is 5. The third-order valence-corrected chi connectivity index (χ3v) is 5.14. The molecule has 1 aromatic carbocycles. The van der Waals surface area contributed by atoms with Gasteiger partial charge in [0.1, 0.15) is 0 Å². The SMILES string of the molecule is O=C(Nc1nnc(SCCCc2ccccc2)s1)C(Cl)(Cl)Cl. The molecule has 1 heterocycles. The van der Waals surface area contributed by atoms with Crippen molar-refractivity contribution in [1.29, 1.82) is 0 Å². The number of hydrogen-bond donors (Lipinski definition) is 1. The van der Waals surface area contributed by atoms with Crippen LogP contribution in [-0.2, 0) is 11.2 Å². The van der Waals surface area contributed by atoms with Crippen LogP contribution in [0.2, 0.25) is 0 Å². The van der Waals surface area contributed by atoms with Gasteiger partial charge in [0.25, 0.3) is 9.70 Å². The van der Waals surface area contributed by atoms with Gasteiger partial charge in [-0.3, -0.25) is 10.1 Å². The van der Waals surface area contributed by atoms with Gasteiger partial charge >= 0.3 is 0 Å². The van der Waals surface area contributed by atoms with E-state index >= 15 is 0 Å². The van der Waals surface area contributed by atoms with Crippen molar-refractivity contribution < 1.29 is 4.79 Å². The lowest BCUT2D eigenvalue weighted by molar-refractivity contribution is -0.115. The molecule has 0 fully saturated rings. The van der Waals surface area contributed by atoms with Crippen LogP contribution in [0, 0.1) is 0 Å². The summed E-state index contributed by atoms with van der Waals surface area (Å²) in [5, 5.41) is 10.6. The van der Waals surface area contributed by atoms with Crippen LogP contribution in [0.15, 0.2) is 34.7 Å². The quantitative estimate of drug-likeness (QED) is 0.336. The second-order valence-corrected chi connectivity index (χ2v) is 8.86. The molecule has 1 amide bonds. The van der Waals surface area contributed by atoms with Gasteiger partial charge in [-0.05, 0) is 18.4 Å². The number of aryl methyl sites for hydroxylation is 1. The standard InChI is InChI=1S/C13H12Cl3N3OS2/c14-13(15,16)10(20)17-11-18-19-12(22-11)21-8-4-7-9-5-2-1-3-6-9/h1-3,5-6H,4,7-8H2,(H,17,18,20). The van der Waals surface area contributed by atoms with Crippen LogP contribution in [0.3, 0.4) is 0 Å². The van der Waals surface area contributed by atoms with E-state index < -0.39 is 9.70 Å². The average Bonchev–Trinajstić information content (AvgIpc) is 2.91. The Labute approximate surface area is 151 Å². The lowest BCUT2D eigenvalue weighted by Crippen LogP contribution is -2.26. The zero-order valence-corrected chi connectivity index (χ0v) is 15.2. The van der Waals surface area contributed by atoms with Gasteiger partial charge in [-0.15, -0.1) is 10.2 Å². The van der Waals surface area contributed by atoms with Crippen molar-refractivity contribution in [2.45, 2.75) is 21.0 Å². The van der Waals surface area contributed by atoms with Crippen LogP contribution in [0.25, 0.3) is 0 Å². The maximum atomic E-state index is 11.5. The molecule has 0 bridgehead atoms. The molecule has 2 rings (SSSR count). The molecule has 0 aliphatic heterocycles.